The molecule has 0 saturated carbocycles. The molecule has 1 aliphatic rings. The van der Waals surface area contributed by atoms with E-state index >= 15 is 0 Å². The maximum atomic E-state index is 13.3. The Morgan fingerprint density at radius 1 is 1.00 bits per heavy atom. The van der Waals surface area contributed by atoms with Gasteiger partial charge in [-0.1, -0.05) is 48.5 Å². The third kappa shape index (κ3) is 4.56. The van der Waals surface area contributed by atoms with E-state index < -0.39 is 22.0 Å². The highest BCUT2D eigenvalue weighted by Gasteiger charge is 2.36. The van der Waals surface area contributed by atoms with Crippen molar-refractivity contribution in [2.75, 3.05) is 16.2 Å². The number of amides is 1. The number of ether oxygens (including phenoxy) is 1. The zero-order chi connectivity index (χ0) is 22.0. The van der Waals surface area contributed by atoms with Gasteiger partial charge in [-0.05, 0) is 54.8 Å². The monoisotopic (exact) mass is 436 g/mol. The number of hydrogen-bond acceptors (Lipinski definition) is 4. The fraction of sp³-hybridized carbons (Fsp3) is 0.208. The molecule has 1 aliphatic heterocycles. The topological polar surface area (TPSA) is 75.7 Å². The summed E-state index contributed by atoms with van der Waals surface area (Å²) >= 11 is 0. The first-order valence-corrected chi connectivity index (χ1v) is 11.6. The van der Waals surface area contributed by atoms with Crippen LogP contribution in [0.15, 0.2) is 72.8 Å². The lowest BCUT2D eigenvalue weighted by Gasteiger charge is -2.34. The van der Waals surface area contributed by atoms with E-state index in [1.807, 2.05) is 38.1 Å². The molecule has 0 spiro atoms. The SMILES string of the molecule is Cc1ccc(NC(=O)[C@@H]2CN(S(=O)(=O)Cc3ccccc3)c3ccccc3O2)cc1C. The second-order valence-electron chi connectivity index (χ2n) is 7.64. The Balaban J connectivity index is 1.60. The van der Waals surface area contributed by atoms with Crippen molar-refractivity contribution in [2.24, 2.45) is 0 Å². The van der Waals surface area contributed by atoms with Crippen molar-refractivity contribution < 1.29 is 17.9 Å². The van der Waals surface area contributed by atoms with Gasteiger partial charge in [0.2, 0.25) is 10.0 Å². The first-order valence-electron chi connectivity index (χ1n) is 10.0. The van der Waals surface area contributed by atoms with Crippen LogP contribution in [0.3, 0.4) is 0 Å². The summed E-state index contributed by atoms with van der Waals surface area (Å²) in [6.07, 6.45) is -0.970. The first kappa shape index (κ1) is 20.9. The van der Waals surface area contributed by atoms with Gasteiger partial charge in [0.15, 0.2) is 6.10 Å². The molecule has 0 fully saturated rings. The molecule has 4 rings (SSSR count). The summed E-state index contributed by atoms with van der Waals surface area (Å²) in [5.74, 6) is -0.184. The van der Waals surface area contributed by atoms with Gasteiger partial charge < -0.3 is 10.1 Å². The molecule has 0 aliphatic carbocycles. The quantitative estimate of drug-likeness (QED) is 0.655. The number of fused-ring (bicyclic) bond motifs is 1. The van der Waals surface area contributed by atoms with Crippen LogP contribution in [0, 0.1) is 13.8 Å². The van der Waals surface area contributed by atoms with Gasteiger partial charge in [-0.3, -0.25) is 9.10 Å². The van der Waals surface area contributed by atoms with Crippen LogP contribution in [-0.4, -0.2) is 27.0 Å². The zero-order valence-corrected chi connectivity index (χ0v) is 18.2. The first-order chi connectivity index (χ1) is 14.8. The average Bonchev–Trinajstić information content (AvgIpc) is 2.76. The van der Waals surface area contributed by atoms with Gasteiger partial charge in [-0.25, -0.2) is 8.42 Å². The zero-order valence-electron chi connectivity index (χ0n) is 17.4. The molecular formula is C24H24N2O4S. The van der Waals surface area contributed by atoms with Crippen molar-refractivity contribution in [2.45, 2.75) is 25.7 Å². The number of sulfonamides is 1. The van der Waals surface area contributed by atoms with Crippen LogP contribution in [0.4, 0.5) is 11.4 Å². The number of nitrogens with one attached hydrogen (secondary N) is 1. The maximum Gasteiger partial charge on any atom is 0.267 e. The molecule has 0 saturated heterocycles. The van der Waals surface area contributed by atoms with Crippen molar-refractivity contribution in [3.8, 4) is 5.75 Å². The number of anilines is 2. The van der Waals surface area contributed by atoms with Crippen LogP contribution in [0.2, 0.25) is 0 Å². The standard InChI is InChI=1S/C24H24N2O4S/c1-17-12-13-20(14-18(17)2)25-24(27)23-15-26(21-10-6-7-11-22(21)30-23)31(28,29)16-19-8-4-3-5-9-19/h3-14,23H,15-16H2,1-2H3,(H,25,27)/t23-/m0/s1. The Morgan fingerprint density at radius 3 is 2.45 bits per heavy atom. The summed E-state index contributed by atoms with van der Waals surface area (Å²) in [7, 11) is -3.73. The van der Waals surface area contributed by atoms with Gasteiger partial charge >= 0.3 is 0 Å². The van der Waals surface area contributed by atoms with Crippen molar-refractivity contribution in [1.29, 1.82) is 0 Å². The van der Waals surface area contributed by atoms with Gasteiger partial charge in [0.1, 0.15) is 5.75 Å². The minimum atomic E-state index is -3.73. The number of para-hydroxylation sites is 2. The maximum absolute atomic E-state index is 13.3. The number of carbonyl (C=O) groups excluding carboxylic acids is 1. The minimum absolute atomic E-state index is 0.0944. The van der Waals surface area contributed by atoms with Crippen molar-refractivity contribution in [3.63, 3.8) is 0 Å². The molecular weight excluding hydrogens is 412 g/mol. The third-order valence-corrected chi connectivity index (χ3v) is 7.04. The van der Waals surface area contributed by atoms with Crippen LogP contribution >= 0.6 is 0 Å². The largest absolute Gasteiger partial charge is 0.476 e. The fourth-order valence-corrected chi connectivity index (χ4v) is 5.09. The van der Waals surface area contributed by atoms with E-state index in [1.54, 1.807) is 48.5 Å². The molecule has 31 heavy (non-hydrogen) atoms. The van der Waals surface area contributed by atoms with Crippen molar-refractivity contribution in [3.05, 3.63) is 89.5 Å². The molecule has 1 atom stereocenters. The van der Waals surface area contributed by atoms with Crippen LogP contribution in [0.5, 0.6) is 5.75 Å². The molecule has 3 aromatic carbocycles. The molecule has 1 N–H and O–H groups in total. The van der Waals surface area contributed by atoms with Crippen LogP contribution in [0.1, 0.15) is 16.7 Å². The average molecular weight is 437 g/mol. The summed E-state index contributed by atoms with van der Waals surface area (Å²) in [6.45, 7) is 3.87. The Labute approximate surface area is 182 Å². The molecule has 160 valence electrons. The predicted molar refractivity (Wildman–Crippen MR) is 122 cm³/mol. The van der Waals surface area contributed by atoms with Crippen LogP contribution in [-0.2, 0) is 20.6 Å². The smallest absolute Gasteiger partial charge is 0.267 e. The Morgan fingerprint density at radius 2 is 1.71 bits per heavy atom. The second kappa shape index (κ2) is 8.43. The van der Waals surface area contributed by atoms with Crippen LogP contribution < -0.4 is 14.4 Å². The van der Waals surface area contributed by atoms with Gasteiger partial charge in [-0.15, -0.1) is 0 Å². The normalized spacial score (nSPS) is 15.7. The number of nitrogens with zero attached hydrogens (tertiary/aromatic N) is 1. The molecule has 1 amide bonds. The fourth-order valence-electron chi connectivity index (χ4n) is 3.51. The molecule has 3 aromatic rings. The molecule has 0 radical (unpaired) electrons. The summed E-state index contributed by atoms with van der Waals surface area (Å²) in [4.78, 5) is 12.9. The number of aryl methyl sites for hydroxylation is 2. The Hall–Kier alpha value is -3.32. The minimum Gasteiger partial charge on any atom is -0.476 e. The molecule has 0 bridgehead atoms. The highest BCUT2D eigenvalue weighted by molar-refractivity contribution is 7.92. The van der Waals surface area contributed by atoms with E-state index in [0.717, 1.165) is 11.1 Å². The number of benzene rings is 3. The lowest BCUT2D eigenvalue weighted by atomic mass is 10.1. The number of carbonyl (C=O) groups is 1. The van der Waals surface area contributed by atoms with Gasteiger partial charge in [-0.2, -0.15) is 0 Å². The highest BCUT2D eigenvalue weighted by Crippen LogP contribution is 2.36. The Bertz CT molecular complexity index is 1210. The lowest BCUT2D eigenvalue weighted by Crippen LogP contribution is -2.49. The summed E-state index contributed by atoms with van der Waals surface area (Å²) < 4.78 is 33.7. The highest BCUT2D eigenvalue weighted by atomic mass is 32.2. The van der Waals surface area contributed by atoms with E-state index in [9.17, 15) is 13.2 Å². The van der Waals surface area contributed by atoms with Crippen molar-refractivity contribution in [1.82, 2.24) is 0 Å². The van der Waals surface area contributed by atoms with Gasteiger partial charge in [0.05, 0.1) is 18.0 Å². The molecule has 0 aromatic heterocycles. The number of hydrogen-bond donors (Lipinski definition) is 1. The van der Waals surface area contributed by atoms with E-state index in [4.69, 9.17) is 4.74 Å². The van der Waals surface area contributed by atoms with E-state index in [1.165, 1.54) is 4.31 Å². The molecule has 6 nitrogen and oxygen atoms in total. The molecule has 7 heteroatoms. The molecule has 1 heterocycles. The predicted octanol–water partition coefficient (Wildman–Crippen LogP) is 4.04. The van der Waals surface area contributed by atoms with E-state index in [2.05, 4.69) is 5.32 Å². The van der Waals surface area contributed by atoms with Gasteiger partial charge in [0, 0.05) is 5.69 Å². The summed E-state index contributed by atoms with van der Waals surface area (Å²) in [5, 5.41) is 2.85. The Kier molecular flexibility index (Phi) is 5.69. The third-order valence-electron chi connectivity index (χ3n) is 5.33. The van der Waals surface area contributed by atoms with E-state index in [-0.39, 0.29) is 12.3 Å². The molecule has 0 unspecified atom stereocenters. The summed E-state index contributed by atoms with van der Waals surface area (Å²) in [6, 6.07) is 21.5. The van der Waals surface area contributed by atoms with Crippen LogP contribution in [0.25, 0.3) is 0 Å². The van der Waals surface area contributed by atoms with E-state index in [0.29, 0.717) is 22.7 Å². The second-order valence-corrected chi connectivity index (χ2v) is 9.53. The van der Waals surface area contributed by atoms with Gasteiger partial charge in [0.25, 0.3) is 5.91 Å². The summed E-state index contributed by atoms with van der Waals surface area (Å²) in [5.41, 5.74) is 3.95. The van der Waals surface area contributed by atoms with Crippen molar-refractivity contribution >= 4 is 27.3 Å². The lowest BCUT2D eigenvalue weighted by molar-refractivity contribution is -0.122. The number of rotatable bonds is 5.